The fourth-order valence-corrected chi connectivity index (χ4v) is 2.95. The van der Waals surface area contributed by atoms with Crippen LogP contribution in [-0.2, 0) is 9.59 Å². The number of amides is 1. The summed E-state index contributed by atoms with van der Waals surface area (Å²) in [4.78, 5) is 23.3. The van der Waals surface area contributed by atoms with Crippen LogP contribution in [0.3, 0.4) is 0 Å². The summed E-state index contributed by atoms with van der Waals surface area (Å²) in [6, 6.07) is 7.11. The maximum absolute atomic E-state index is 12.2. The van der Waals surface area contributed by atoms with Crippen molar-refractivity contribution in [2.75, 3.05) is 0 Å². The van der Waals surface area contributed by atoms with Gasteiger partial charge in [-0.2, -0.15) is 0 Å². The zero-order chi connectivity index (χ0) is 14.7. The van der Waals surface area contributed by atoms with Crippen molar-refractivity contribution in [1.82, 2.24) is 5.32 Å². The summed E-state index contributed by atoms with van der Waals surface area (Å²) in [7, 11) is 0. The van der Waals surface area contributed by atoms with Crippen LogP contribution in [0.4, 0.5) is 0 Å². The number of aliphatic carboxylic acids is 1. The number of rotatable bonds is 4. The topological polar surface area (TPSA) is 66.4 Å². The van der Waals surface area contributed by atoms with Crippen LogP contribution in [-0.4, -0.2) is 17.0 Å². The lowest BCUT2D eigenvalue weighted by Gasteiger charge is -2.20. The first-order chi connectivity index (χ1) is 9.49. The maximum Gasteiger partial charge on any atom is 0.307 e. The number of carboxylic acid groups (broad SMARTS) is 1. The molecule has 2 rings (SSSR count). The van der Waals surface area contributed by atoms with Gasteiger partial charge >= 0.3 is 5.97 Å². The molecule has 1 saturated carbocycles. The van der Waals surface area contributed by atoms with Crippen LogP contribution >= 0.6 is 11.6 Å². The predicted octanol–water partition coefficient (Wildman–Crippen LogP) is 3.02. The van der Waals surface area contributed by atoms with Crippen molar-refractivity contribution < 1.29 is 14.7 Å². The molecule has 5 heteroatoms. The molecule has 1 aliphatic rings. The summed E-state index contributed by atoms with van der Waals surface area (Å²) in [5.41, 5.74) is 0.913. The highest BCUT2D eigenvalue weighted by atomic mass is 35.5. The molecule has 1 amide bonds. The number of carbonyl (C=O) groups excluding carboxylic acids is 1. The van der Waals surface area contributed by atoms with Gasteiger partial charge in [0, 0.05) is 5.02 Å². The van der Waals surface area contributed by atoms with E-state index in [0.717, 1.165) is 12.0 Å². The number of benzene rings is 1. The van der Waals surface area contributed by atoms with E-state index in [-0.39, 0.29) is 11.9 Å². The normalized spacial score (nSPS) is 23.3. The summed E-state index contributed by atoms with van der Waals surface area (Å²) in [6.45, 7) is 1.87. The number of halogens is 1. The molecule has 1 fully saturated rings. The van der Waals surface area contributed by atoms with Gasteiger partial charge in [0.15, 0.2) is 0 Å². The summed E-state index contributed by atoms with van der Waals surface area (Å²) < 4.78 is 0. The molecule has 0 radical (unpaired) electrons. The number of hydrogen-bond donors (Lipinski definition) is 2. The van der Waals surface area contributed by atoms with E-state index in [1.165, 1.54) is 0 Å². The van der Waals surface area contributed by atoms with E-state index in [2.05, 4.69) is 5.32 Å². The molecule has 0 aliphatic heterocycles. The Hall–Kier alpha value is -1.55. The number of nitrogens with one attached hydrogen (secondary N) is 1. The number of hydrogen-bond acceptors (Lipinski definition) is 2. The smallest absolute Gasteiger partial charge is 0.307 e. The third-order valence-corrected chi connectivity index (χ3v) is 4.11. The van der Waals surface area contributed by atoms with E-state index in [1.807, 2.05) is 19.1 Å². The monoisotopic (exact) mass is 295 g/mol. The zero-order valence-electron chi connectivity index (χ0n) is 11.3. The van der Waals surface area contributed by atoms with Crippen LogP contribution in [0.15, 0.2) is 24.3 Å². The highest BCUT2D eigenvalue weighted by Gasteiger charge is 2.38. The minimum absolute atomic E-state index is 0.178. The van der Waals surface area contributed by atoms with Crippen molar-refractivity contribution in [3.05, 3.63) is 34.9 Å². The van der Waals surface area contributed by atoms with Gasteiger partial charge in [0.25, 0.3) is 0 Å². The third-order valence-electron chi connectivity index (χ3n) is 3.88. The van der Waals surface area contributed by atoms with Crippen molar-refractivity contribution in [3.8, 4) is 0 Å². The molecule has 1 aliphatic carbocycles. The first-order valence-corrected chi connectivity index (χ1v) is 7.15. The Labute approximate surface area is 123 Å². The molecule has 0 bridgehead atoms. The minimum atomic E-state index is -0.877. The number of carboxylic acids is 1. The van der Waals surface area contributed by atoms with Gasteiger partial charge in [0.05, 0.1) is 17.9 Å². The summed E-state index contributed by atoms with van der Waals surface area (Å²) in [6.07, 6.45) is 2.02. The van der Waals surface area contributed by atoms with E-state index in [9.17, 15) is 9.59 Å². The van der Waals surface area contributed by atoms with E-state index in [1.54, 1.807) is 12.1 Å². The fourth-order valence-electron chi connectivity index (χ4n) is 2.75. The average Bonchev–Trinajstić information content (AvgIpc) is 2.88. The van der Waals surface area contributed by atoms with Crippen LogP contribution in [0.1, 0.15) is 37.8 Å². The van der Waals surface area contributed by atoms with Crippen LogP contribution in [0.2, 0.25) is 5.02 Å². The van der Waals surface area contributed by atoms with Crippen LogP contribution in [0.25, 0.3) is 0 Å². The molecule has 1 aromatic rings. The lowest BCUT2D eigenvalue weighted by Crippen LogP contribution is -2.36. The second-order valence-electron chi connectivity index (χ2n) is 5.27. The van der Waals surface area contributed by atoms with E-state index >= 15 is 0 Å². The Bertz CT molecular complexity index is 518. The second kappa shape index (κ2) is 6.27. The Kier molecular flexibility index (Phi) is 4.65. The number of carbonyl (C=O) groups is 2. The third kappa shape index (κ3) is 3.31. The van der Waals surface area contributed by atoms with E-state index in [0.29, 0.717) is 17.9 Å². The van der Waals surface area contributed by atoms with Crippen molar-refractivity contribution in [1.29, 1.82) is 0 Å². The van der Waals surface area contributed by atoms with Crippen LogP contribution in [0.5, 0.6) is 0 Å². The molecule has 20 heavy (non-hydrogen) atoms. The quantitative estimate of drug-likeness (QED) is 0.897. The average molecular weight is 296 g/mol. The molecular weight excluding hydrogens is 278 g/mol. The molecule has 3 atom stereocenters. The standard InChI is InChI=1S/C15H18ClNO3/c1-9(10-4-2-5-11(16)8-10)17-14(18)12-6-3-7-13(12)15(19)20/h2,4-5,8-9,12-13H,3,6-7H2,1H3,(H,17,18)(H,19,20)/t9-,12?,13?/m0/s1. The van der Waals surface area contributed by atoms with Crippen LogP contribution in [0, 0.1) is 11.8 Å². The van der Waals surface area contributed by atoms with Crippen molar-refractivity contribution in [2.45, 2.75) is 32.2 Å². The molecule has 0 spiro atoms. The molecule has 2 N–H and O–H groups in total. The predicted molar refractivity (Wildman–Crippen MR) is 76.5 cm³/mol. The van der Waals surface area contributed by atoms with Crippen molar-refractivity contribution >= 4 is 23.5 Å². The first-order valence-electron chi connectivity index (χ1n) is 6.77. The molecule has 0 aromatic heterocycles. The summed E-state index contributed by atoms with van der Waals surface area (Å²) in [5.74, 6) is -2.03. The van der Waals surface area contributed by atoms with Gasteiger partial charge in [-0.1, -0.05) is 30.2 Å². The molecule has 108 valence electrons. The lowest BCUT2D eigenvalue weighted by atomic mass is 9.94. The lowest BCUT2D eigenvalue weighted by molar-refractivity contribution is -0.146. The maximum atomic E-state index is 12.2. The summed E-state index contributed by atoms with van der Waals surface area (Å²) in [5, 5.41) is 12.6. The molecule has 2 unspecified atom stereocenters. The van der Waals surface area contributed by atoms with Crippen molar-refractivity contribution in [2.24, 2.45) is 11.8 Å². The highest BCUT2D eigenvalue weighted by molar-refractivity contribution is 6.30. The van der Waals surface area contributed by atoms with Crippen LogP contribution < -0.4 is 5.32 Å². The Morgan fingerprint density at radius 2 is 2.05 bits per heavy atom. The largest absolute Gasteiger partial charge is 0.481 e. The molecule has 0 saturated heterocycles. The molecule has 4 nitrogen and oxygen atoms in total. The fraction of sp³-hybridized carbons (Fsp3) is 0.467. The van der Waals surface area contributed by atoms with Gasteiger partial charge in [-0.05, 0) is 37.5 Å². The second-order valence-corrected chi connectivity index (χ2v) is 5.70. The van der Waals surface area contributed by atoms with Gasteiger partial charge in [-0.25, -0.2) is 0 Å². The minimum Gasteiger partial charge on any atom is -0.481 e. The first kappa shape index (κ1) is 14.9. The van der Waals surface area contributed by atoms with Gasteiger partial charge in [0.1, 0.15) is 0 Å². The van der Waals surface area contributed by atoms with Gasteiger partial charge in [-0.15, -0.1) is 0 Å². The molecule has 0 heterocycles. The molecular formula is C15H18ClNO3. The van der Waals surface area contributed by atoms with Gasteiger partial charge < -0.3 is 10.4 Å². The Morgan fingerprint density at radius 3 is 2.70 bits per heavy atom. The summed E-state index contributed by atoms with van der Waals surface area (Å²) >= 11 is 5.93. The Morgan fingerprint density at radius 1 is 1.35 bits per heavy atom. The molecule has 1 aromatic carbocycles. The van der Waals surface area contributed by atoms with E-state index < -0.39 is 17.8 Å². The van der Waals surface area contributed by atoms with Gasteiger partial charge in [0.2, 0.25) is 5.91 Å². The Balaban J connectivity index is 2.02. The van der Waals surface area contributed by atoms with Crippen molar-refractivity contribution in [3.63, 3.8) is 0 Å². The van der Waals surface area contributed by atoms with E-state index in [4.69, 9.17) is 16.7 Å². The van der Waals surface area contributed by atoms with Gasteiger partial charge in [-0.3, -0.25) is 9.59 Å². The highest BCUT2D eigenvalue weighted by Crippen LogP contribution is 2.32. The zero-order valence-corrected chi connectivity index (χ0v) is 12.1. The SMILES string of the molecule is C[C@H](NC(=O)C1CCCC1C(=O)O)c1cccc(Cl)c1.